The third kappa shape index (κ3) is 9.02. The van der Waals surface area contributed by atoms with Crippen LogP contribution >= 0.6 is 0 Å². The summed E-state index contributed by atoms with van der Waals surface area (Å²) in [4.78, 5) is 0. The first-order valence-corrected chi connectivity index (χ1v) is 12.9. The molecule has 2 rings (SSSR count). The molecule has 1 aliphatic rings. The quantitative estimate of drug-likeness (QED) is 0.208. The van der Waals surface area contributed by atoms with Crippen LogP contribution in [0.1, 0.15) is 89.3 Å². The fourth-order valence-corrected chi connectivity index (χ4v) is 4.60. The normalized spacial score (nSPS) is 19.2. The van der Waals surface area contributed by atoms with Crippen molar-refractivity contribution in [2.45, 2.75) is 105 Å². The summed E-state index contributed by atoms with van der Waals surface area (Å²) in [5, 5.41) is 0. The predicted octanol–water partition coefficient (Wildman–Crippen LogP) is 9.11. The largest absolute Gasteiger partial charge is 0.487 e. The average Bonchev–Trinajstić information content (AvgIpc) is 2.78. The number of ether oxygens (including phenoxy) is 3. The Bertz CT molecular complexity index is 973. The Kier molecular flexibility index (Phi) is 11.1. The summed E-state index contributed by atoms with van der Waals surface area (Å²) in [7, 11) is 1.62. The van der Waals surface area contributed by atoms with Gasteiger partial charge in [-0.1, -0.05) is 29.4 Å². The minimum Gasteiger partial charge on any atom is -0.487 e. The highest BCUT2D eigenvalue weighted by atomic mass is 19.4. The van der Waals surface area contributed by atoms with Gasteiger partial charge in [0.15, 0.2) is 6.79 Å². The van der Waals surface area contributed by atoms with E-state index in [-0.39, 0.29) is 12.4 Å². The number of fused-ring (bicyclic) bond motifs is 1. The monoisotopic (exact) mass is 508 g/mol. The Morgan fingerprint density at radius 3 is 2.25 bits per heavy atom. The molecule has 1 aliphatic heterocycles. The summed E-state index contributed by atoms with van der Waals surface area (Å²) >= 11 is 0. The minimum atomic E-state index is -4.22. The van der Waals surface area contributed by atoms with Crippen molar-refractivity contribution in [3.63, 3.8) is 0 Å². The number of halogens is 3. The van der Waals surface area contributed by atoms with E-state index < -0.39 is 11.7 Å². The number of rotatable bonds is 12. The standard InChI is InChI=1S/C30H43F3O3/c1-21(13-9-15-24(4)30(31,32)33)11-8-12-22(2)14-10-17-29(6)18-16-26-25(5)28(35-20-34-7)23(3)19-27(26)36-29/h11,14-15,19H,8-10,12-13,16-18,20H2,1-7H3/b21-11+,22-14+,24-15-. The van der Waals surface area contributed by atoms with Crippen molar-refractivity contribution in [3.8, 4) is 11.5 Å². The number of benzene rings is 1. The first-order chi connectivity index (χ1) is 16.9. The molecule has 0 amide bonds. The molecule has 1 aromatic rings. The van der Waals surface area contributed by atoms with E-state index in [2.05, 4.69) is 39.0 Å². The smallest absolute Gasteiger partial charge is 0.412 e. The number of methoxy groups -OCH3 is 1. The van der Waals surface area contributed by atoms with Crippen molar-refractivity contribution in [2.75, 3.05) is 13.9 Å². The van der Waals surface area contributed by atoms with E-state index in [0.717, 1.165) is 73.6 Å². The van der Waals surface area contributed by atoms with Gasteiger partial charge in [-0.2, -0.15) is 13.2 Å². The van der Waals surface area contributed by atoms with Gasteiger partial charge < -0.3 is 14.2 Å². The SMILES string of the molecule is COCOc1c(C)cc2c(c1C)CCC(C)(CC/C=C(\C)CC/C=C(\C)CC/C=C(/C)C(F)(F)F)O2. The molecule has 1 aromatic carbocycles. The lowest BCUT2D eigenvalue weighted by molar-refractivity contribution is -0.0915. The molecule has 1 heterocycles. The van der Waals surface area contributed by atoms with Crippen molar-refractivity contribution < 1.29 is 27.4 Å². The minimum absolute atomic E-state index is 0.198. The second kappa shape index (κ2) is 13.4. The maximum Gasteiger partial charge on any atom is 0.412 e. The molecule has 1 unspecified atom stereocenters. The molecular weight excluding hydrogens is 465 g/mol. The molecular formula is C30H43F3O3. The lowest BCUT2D eigenvalue weighted by atomic mass is 9.86. The van der Waals surface area contributed by atoms with Crippen LogP contribution in [0, 0.1) is 13.8 Å². The molecule has 1 atom stereocenters. The van der Waals surface area contributed by atoms with E-state index in [0.29, 0.717) is 12.8 Å². The first kappa shape index (κ1) is 30.0. The van der Waals surface area contributed by atoms with Gasteiger partial charge in [-0.15, -0.1) is 0 Å². The third-order valence-electron chi connectivity index (χ3n) is 7.01. The van der Waals surface area contributed by atoms with Crippen molar-refractivity contribution in [2.24, 2.45) is 0 Å². The number of hydrogen-bond donors (Lipinski definition) is 0. The average molecular weight is 509 g/mol. The summed E-state index contributed by atoms with van der Waals surface area (Å²) < 4.78 is 55.0. The molecule has 0 N–H and O–H groups in total. The lowest BCUT2D eigenvalue weighted by Gasteiger charge is -2.37. The van der Waals surface area contributed by atoms with E-state index in [1.54, 1.807) is 7.11 Å². The summed E-state index contributed by atoms with van der Waals surface area (Å²) in [5.74, 6) is 1.85. The fraction of sp³-hybridized carbons (Fsp3) is 0.600. The second-order valence-corrected chi connectivity index (χ2v) is 10.3. The summed E-state index contributed by atoms with van der Waals surface area (Å²) in [6.45, 7) is 11.8. The molecule has 0 spiro atoms. The van der Waals surface area contributed by atoms with Crippen molar-refractivity contribution in [3.05, 3.63) is 57.7 Å². The number of hydrogen-bond acceptors (Lipinski definition) is 3. The molecule has 0 saturated heterocycles. The van der Waals surface area contributed by atoms with E-state index in [9.17, 15) is 13.2 Å². The highest BCUT2D eigenvalue weighted by Crippen LogP contribution is 2.42. The zero-order chi connectivity index (χ0) is 26.9. The number of aryl methyl sites for hydroxylation is 1. The van der Waals surface area contributed by atoms with Gasteiger partial charge in [0.05, 0.1) is 0 Å². The van der Waals surface area contributed by atoms with E-state index in [1.165, 1.54) is 17.2 Å². The van der Waals surface area contributed by atoms with Gasteiger partial charge in [0.2, 0.25) is 0 Å². The number of alkyl halides is 3. The van der Waals surface area contributed by atoms with Crippen molar-refractivity contribution in [1.29, 1.82) is 0 Å². The lowest BCUT2D eigenvalue weighted by Crippen LogP contribution is -2.36. The molecule has 0 aromatic heterocycles. The zero-order valence-electron chi connectivity index (χ0n) is 23.0. The van der Waals surface area contributed by atoms with Crippen LogP contribution in [0.3, 0.4) is 0 Å². The highest BCUT2D eigenvalue weighted by Gasteiger charge is 2.33. The Labute approximate surface area is 215 Å². The van der Waals surface area contributed by atoms with Gasteiger partial charge >= 0.3 is 6.18 Å². The van der Waals surface area contributed by atoms with Crippen LogP contribution in [-0.4, -0.2) is 25.7 Å². The van der Waals surface area contributed by atoms with E-state index in [1.807, 2.05) is 13.8 Å². The van der Waals surface area contributed by atoms with Gasteiger partial charge in [0, 0.05) is 18.2 Å². The van der Waals surface area contributed by atoms with Crippen LogP contribution in [0.15, 0.2) is 41.0 Å². The van der Waals surface area contributed by atoms with Crippen LogP contribution in [0.5, 0.6) is 11.5 Å². The summed E-state index contributed by atoms with van der Waals surface area (Å²) in [6.07, 6.45) is 8.27. The highest BCUT2D eigenvalue weighted by molar-refractivity contribution is 5.53. The van der Waals surface area contributed by atoms with Crippen LogP contribution in [0.25, 0.3) is 0 Å². The van der Waals surface area contributed by atoms with Gasteiger partial charge in [0.1, 0.15) is 17.1 Å². The van der Waals surface area contributed by atoms with Crippen molar-refractivity contribution in [1.82, 2.24) is 0 Å². The molecule has 36 heavy (non-hydrogen) atoms. The Morgan fingerprint density at radius 2 is 1.64 bits per heavy atom. The van der Waals surface area contributed by atoms with Crippen LogP contribution in [-0.2, 0) is 11.2 Å². The topological polar surface area (TPSA) is 27.7 Å². The van der Waals surface area contributed by atoms with Gasteiger partial charge in [-0.3, -0.25) is 0 Å². The maximum atomic E-state index is 12.6. The number of allylic oxidation sites excluding steroid dienone is 6. The van der Waals surface area contributed by atoms with Crippen LogP contribution in [0.2, 0.25) is 0 Å². The van der Waals surface area contributed by atoms with E-state index >= 15 is 0 Å². The molecule has 3 nitrogen and oxygen atoms in total. The van der Waals surface area contributed by atoms with Gasteiger partial charge in [-0.05, 0) is 110 Å². The van der Waals surface area contributed by atoms with Crippen molar-refractivity contribution >= 4 is 0 Å². The zero-order valence-corrected chi connectivity index (χ0v) is 23.0. The Hall–Kier alpha value is -2.21. The first-order valence-electron chi connectivity index (χ1n) is 12.9. The fourth-order valence-electron chi connectivity index (χ4n) is 4.60. The molecule has 0 saturated carbocycles. The maximum absolute atomic E-state index is 12.6. The summed E-state index contributed by atoms with van der Waals surface area (Å²) in [5.41, 5.74) is 5.17. The van der Waals surface area contributed by atoms with E-state index in [4.69, 9.17) is 14.2 Å². The molecule has 0 fully saturated rings. The van der Waals surface area contributed by atoms with Crippen LogP contribution < -0.4 is 9.47 Å². The van der Waals surface area contributed by atoms with Gasteiger partial charge in [0.25, 0.3) is 0 Å². The predicted molar refractivity (Wildman–Crippen MR) is 141 cm³/mol. The molecule has 6 heteroatoms. The Morgan fingerprint density at radius 1 is 1.03 bits per heavy atom. The second-order valence-electron chi connectivity index (χ2n) is 10.3. The van der Waals surface area contributed by atoms with Crippen LogP contribution in [0.4, 0.5) is 13.2 Å². The molecule has 0 aliphatic carbocycles. The van der Waals surface area contributed by atoms with Gasteiger partial charge in [-0.25, -0.2) is 0 Å². The molecule has 202 valence electrons. The third-order valence-corrected chi connectivity index (χ3v) is 7.01. The molecule has 0 bridgehead atoms. The molecule has 0 radical (unpaired) electrons. The summed E-state index contributed by atoms with van der Waals surface area (Å²) in [6, 6.07) is 2.08. The Balaban J connectivity index is 1.84.